The normalized spacial score (nSPS) is 20.8. The summed E-state index contributed by atoms with van der Waals surface area (Å²) in [4.78, 5) is 25.0. The van der Waals surface area contributed by atoms with Gasteiger partial charge in [-0.3, -0.25) is 9.36 Å². The molecule has 1 amide bonds. The number of aromatic amines is 1. The van der Waals surface area contributed by atoms with Crippen LogP contribution in [0.2, 0.25) is 0 Å². The summed E-state index contributed by atoms with van der Waals surface area (Å²) in [5.41, 5.74) is 0.632. The van der Waals surface area contributed by atoms with Crippen molar-refractivity contribution in [3.8, 4) is 0 Å². The van der Waals surface area contributed by atoms with Gasteiger partial charge in [0.05, 0.1) is 12.6 Å². The van der Waals surface area contributed by atoms with E-state index < -0.39 is 5.25 Å². The Balaban J connectivity index is 1.57. The molecule has 1 aromatic heterocycles. The molecule has 4 rings (SSSR count). The van der Waals surface area contributed by atoms with Gasteiger partial charge >= 0.3 is 5.69 Å². The largest absolute Gasteiger partial charge is 0.376 e. The van der Waals surface area contributed by atoms with E-state index in [0.29, 0.717) is 11.7 Å². The summed E-state index contributed by atoms with van der Waals surface area (Å²) in [6.07, 6.45) is 4.04. The first-order valence-electron chi connectivity index (χ1n) is 8.99. The zero-order valence-corrected chi connectivity index (χ0v) is 15.2. The Morgan fingerprint density at radius 2 is 2.15 bits per heavy atom. The maximum Gasteiger partial charge on any atom is 0.344 e. The lowest BCUT2D eigenvalue weighted by Gasteiger charge is -2.17. The number of nitrogens with zero attached hydrogens (tertiary/aromatic N) is 2. The molecular weight excluding hydrogens is 352 g/mol. The van der Waals surface area contributed by atoms with Gasteiger partial charge in [-0.25, -0.2) is 9.89 Å². The van der Waals surface area contributed by atoms with Crippen LogP contribution in [-0.4, -0.2) is 39.4 Å². The van der Waals surface area contributed by atoms with Gasteiger partial charge in [-0.2, -0.15) is 0 Å². The molecule has 2 heterocycles. The minimum Gasteiger partial charge on any atom is -0.376 e. The van der Waals surface area contributed by atoms with Gasteiger partial charge in [-0.15, -0.1) is 5.10 Å². The first-order chi connectivity index (χ1) is 12.7. The number of carbonyl (C=O) groups is 1. The minimum absolute atomic E-state index is 0.0279. The van der Waals surface area contributed by atoms with Crippen LogP contribution in [0.4, 0.5) is 0 Å². The van der Waals surface area contributed by atoms with Gasteiger partial charge < -0.3 is 10.1 Å². The van der Waals surface area contributed by atoms with Crippen molar-refractivity contribution < 1.29 is 9.53 Å². The number of rotatable bonds is 7. The molecule has 2 atom stereocenters. The van der Waals surface area contributed by atoms with E-state index in [1.807, 2.05) is 30.3 Å². The molecule has 2 N–H and O–H groups in total. The quantitative estimate of drug-likeness (QED) is 0.722. The summed E-state index contributed by atoms with van der Waals surface area (Å²) in [5.74, 6) is -0.0391. The van der Waals surface area contributed by atoms with Gasteiger partial charge in [0.25, 0.3) is 0 Å². The van der Waals surface area contributed by atoms with E-state index in [-0.39, 0.29) is 23.7 Å². The van der Waals surface area contributed by atoms with E-state index in [2.05, 4.69) is 15.5 Å². The number of nitrogens with one attached hydrogen (secondary N) is 2. The Hall–Kier alpha value is -2.06. The first kappa shape index (κ1) is 17.4. The molecule has 2 fully saturated rings. The van der Waals surface area contributed by atoms with Crippen LogP contribution < -0.4 is 11.0 Å². The third-order valence-corrected chi connectivity index (χ3v) is 5.87. The number of amides is 1. The van der Waals surface area contributed by atoms with E-state index in [4.69, 9.17) is 4.74 Å². The fourth-order valence-corrected chi connectivity index (χ4v) is 4.12. The number of hydrogen-bond acceptors (Lipinski definition) is 5. The highest BCUT2D eigenvalue weighted by atomic mass is 32.2. The van der Waals surface area contributed by atoms with Crippen molar-refractivity contribution in [2.75, 3.05) is 6.61 Å². The SMILES string of the molecule is O=C(NC1CC1)[C@H](Sc1n[nH]c(=O)n1C[C@H]1CCCO1)c1ccccc1. The van der Waals surface area contributed by atoms with E-state index in [1.54, 1.807) is 4.57 Å². The highest BCUT2D eigenvalue weighted by molar-refractivity contribution is 8.00. The summed E-state index contributed by atoms with van der Waals surface area (Å²) in [6.45, 7) is 1.19. The van der Waals surface area contributed by atoms with Crippen LogP contribution in [0.5, 0.6) is 0 Å². The molecule has 1 aliphatic carbocycles. The number of thioether (sulfide) groups is 1. The minimum atomic E-state index is -0.449. The van der Waals surface area contributed by atoms with Crippen LogP contribution in [0.1, 0.15) is 36.5 Å². The van der Waals surface area contributed by atoms with Crippen LogP contribution in [-0.2, 0) is 16.1 Å². The summed E-state index contributed by atoms with van der Waals surface area (Å²) >= 11 is 1.30. The first-order valence-corrected chi connectivity index (χ1v) is 9.87. The van der Waals surface area contributed by atoms with Gasteiger partial charge in [0.1, 0.15) is 5.25 Å². The van der Waals surface area contributed by atoms with Gasteiger partial charge in [0.2, 0.25) is 5.91 Å². The molecule has 2 aromatic rings. The molecule has 7 nitrogen and oxygen atoms in total. The average Bonchev–Trinajstić information content (AvgIpc) is 3.19. The van der Waals surface area contributed by atoms with Gasteiger partial charge in [0, 0.05) is 12.6 Å². The number of ether oxygens (including phenoxy) is 1. The number of hydrogen-bond donors (Lipinski definition) is 2. The lowest BCUT2D eigenvalue weighted by atomic mass is 10.1. The van der Waals surface area contributed by atoms with Gasteiger partial charge in [-0.05, 0) is 31.2 Å². The molecule has 0 radical (unpaired) electrons. The Bertz CT molecular complexity index is 809. The maximum absolute atomic E-state index is 12.8. The number of aromatic nitrogens is 3. The molecule has 0 unspecified atom stereocenters. The molecule has 1 saturated heterocycles. The molecule has 0 bridgehead atoms. The maximum atomic E-state index is 12.8. The number of H-pyrrole nitrogens is 1. The second-order valence-corrected chi connectivity index (χ2v) is 7.82. The van der Waals surface area contributed by atoms with Crippen LogP contribution >= 0.6 is 11.8 Å². The van der Waals surface area contributed by atoms with Crippen molar-refractivity contribution >= 4 is 17.7 Å². The van der Waals surface area contributed by atoms with Crippen LogP contribution in [0.3, 0.4) is 0 Å². The monoisotopic (exact) mass is 374 g/mol. The van der Waals surface area contributed by atoms with Crippen LogP contribution in [0, 0.1) is 0 Å². The molecule has 1 aliphatic heterocycles. The van der Waals surface area contributed by atoms with Crippen molar-refractivity contribution in [2.45, 2.75) is 54.8 Å². The molecule has 1 saturated carbocycles. The number of benzene rings is 1. The second-order valence-electron chi connectivity index (χ2n) is 6.75. The van der Waals surface area contributed by atoms with E-state index in [9.17, 15) is 9.59 Å². The molecule has 138 valence electrons. The molecule has 1 aromatic carbocycles. The molecule has 0 spiro atoms. The van der Waals surface area contributed by atoms with Crippen molar-refractivity contribution in [3.05, 3.63) is 46.4 Å². The van der Waals surface area contributed by atoms with Crippen molar-refractivity contribution in [2.24, 2.45) is 0 Å². The van der Waals surface area contributed by atoms with E-state index in [1.165, 1.54) is 11.8 Å². The van der Waals surface area contributed by atoms with Crippen molar-refractivity contribution in [1.82, 2.24) is 20.1 Å². The third-order valence-electron chi connectivity index (χ3n) is 4.62. The van der Waals surface area contributed by atoms with Crippen molar-refractivity contribution in [1.29, 1.82) is 0 Å². The lowest BCUT2D eigenvalue weighted by Crippen LogP contribution is -2.30. The van der Waals surface area contributed by atoms with Gasteiger partial charge in [-0.1, -0.05) is 42.1 Å². The molecular formula is C18H22N4O3S. The third kappa shape index (κ3) is 4.02. The fourth-order valence-electron chi connectivity index (χ4n) is 3.06. The molecule has 2 aliphatic rings. The van der Waals surface area contributed by atoms with Crippen molar-refractivity contribution in [3.63, 3.8) is 0 Å². The Kier molecular flexibility index (Phi) is 5.12. The van der Waals surface area contributed by atoms with E-state index >= 15 is 0 Å². The summed E-state index contributed by atoms with van der Waals surface area (Å²) in [6, 6.07) is 9.89. The Morgan fingerprint density at radius 1 is 1.35 bits per heavy atom. The zero-order valence-electron chi connectivity index (χ0n) is 14.4. The second kappa shape index (κ2) is 7.67. The Labute approximate surface area is 155 Å². The summed E-state index contributed by atoms with van der Waals surface area (Å²) in [7, 11) is 0. The van der Waals surface area contributed by atoms with Gasteiger partial charge in [0.15, 0.2) is 5.16 Å². The Morgan fingerprint density at radius 3 is 2.85 bits per heavy atom. The predicted octanol–water partition coefficient (Wildman–Crippen LogP) is 1.86. The lowest BCUT2D eigenvalue weighted by molar-refractivity contribution is -0.120. The summed E-state index contributed by atoms with van der Waals surface area (Å²) in [5, 5.41) is 9.79. The van der Waals surface area contributed by atoms with Crippen LogP contribution in [0.25, 0.3) is 0 Å². The van der Waals surface area contributed by atoms with E-state index in [0.717, 1.165) is 37.9 Å². The highest BCUT2D eigenvalue weighted by Crippen LogP contribution is 2.35. The summed E-state index contributed by atoms with van der Waals surface area (Å²) < 4.78 is 7.23. The molecule has 8 heteroatoms. The van der Waals surface area contributed by atoms with Crippen LogP contribution in [0.15, 0.2) is 40.3 Å². The highest BCUT2D eigenvalue weighted by Gasteiger charge is 2.31. The number of carbonyl (C=O) groups excluding carboxylic acids is 1. The fraction of sp³-hybridized carbons (Fsp3) is 0.500. The average molecular weight is 374 g/mol. The molecule has 26 heavy (non-hydrogen) atoms. The predicted molar refractivity (Wildman–Crippen MR) is 98.0 cm³/mol. The zero-order chi connectivity index (χ0) is 17.9. The standard InChI is InChI=1S/C18H22N4O3S/c23-16(19-13-8-9-13)15(12-5-2-1-3-6-12)26-18-21-20-17(24)22(18)11-14-7-4-10-25-14/h1-3,5-6,13-15H,4,7-11H2,(H,19,23)(H,20,24)/t14-,15-/m1/s1. The topological polar surface area (TPSA) is 89.0 Å². The smallest absolute Gasteiger partial charge is 0.344 e.